The van der Waals surface area contributed by atoms with Crippen molar-refractivity contribution in [1.82, 2.24) is 20.2 Å². The molecule has 0 spiro atoms. The Balaban J connectivity index is 1.86. The molecule has 2 aliphatic rings. The summed E-state index contributed by atoms with van der Waals surface area (Å²) in [5, 5.41) is 3.16. The number of anilines is 1. The van der Waals surface area contributed by atoms with Crippen LogP contribution in [0.15, 0.2) is 6.07 Å². The quantitative estimate of drug-likeness (QED) is 0.895. The highest BCUT2D eigenvalue weighted by atomic mass is 16.2. The zero-order chi connectivity index (χ0) is 17.1. The average molecular weight is 331 g/mol. The molecule has 6 nitrogen and oxygen atoms in total. The predicted molar refractivity (Wildman–Crippen MR) is 94.8 cm³/mol. The van der Waals surface area contributed by atoms with Crippen LogP contribution >= 0.6 is 0 Å². The smallest absolute Gasteiger partial charge is 0.226 e. The van der Waals surface area contributed by atoms with Gasteiger partial charge < -0.3 is 15.1 Å². The number of hydrogen-bond donors (Lipinski definition) is 1. The molecule has 1 N–H and O–H groups in total. The van der Waals surface area contributed by atoms with Crippen molar-refractivity contribution < 1.29 is 4.79 Å². The molecule has 24 heavy (non-hydrogen) atoms. The van der Waals surface area contributed by atoms with E-state index in [2.05, 4.69) is 5.32 Å². The summed E-state index contributed by atoms with van der Waals surface area (Å²) in [5.41, 5.74) is 0.978. The van der Waals surface area contributed by atoms with Gasteiger partial charge in [0.05, 0.1) is 11.7 Å². The van der Waals surface area contributed by atoms with Crippen LogP contribution in [0.2, 0.25) is 0 Å². The van der Waals surface area contributed by atoms with E-state index < -0.39 is 0 Å². The molecule has 1 aromatic rings. The third-order valence-corrected chi connectivity index (χ3v) is 5.14. The van der Waals surface area contributed by atoms with Crippen LogP contribution in [0, 0.1) is 5.92 Å². The van der Waals surface area contributed by atoms with Crippen LogP contribution in [0.1, 0.15) is 56.1 Å². The van der Waals surface area contributed by atoms with E-state index in [1.807, 2.05) is 37.0 Å². The molecular weight excluding hydrogens is 302 g/mol. The van der Waals surface area contributed by atoms with Crippen LogP contribution in [0.25, 0.3) is 0 Å². The summed E-state index contributed by atoms with van der Waals surface area (Å²) in [7, 11) is 5.90. The number of rotatable bonds is 5. The highest BCUT2D eigenvalue weighted by molar-refractivity contribution is 5.79. The fraction of sp³-hybridized carbons (Fsp3) is 0.722. The first-order valence-electron chi connectivity index (χ1n) is 9.10. The maximum atomic E-state index is 12.9. The molecule has 6 heteroatoms. The molecular formula is C18H29N5O. The average Bonchev–Trinajstić information content (AvgIpc) is 3.26. The first kappa shape index (κ1) is 17.1. The topological polar surface area (TPSA) is 61.4 Å². The fourth-order valence-corrected chi connectivity index (χ4v) is 3.86. The van der Waals surface area contributed by atoms with Gasteiger partial charge in [0.1, 0.15) is 5.82 Å². The number of aromatic nitrogens is 2. The first-order chi connectivity index (χ1) is 11.6. The number of nitrogens with zero attached hydrogens (tertiary/aromatic N) is 4. The Kier molecular flexibility index (Phi) is 5.33. The van der Waals surface area contributed by atoms with Gasteiger partial charge in [-0.25, -0.2) is 9.97 Å². The molecule has 1 aliphatic carbocycles. The van der Waals surface area contributed by atoms with Crippen molar-refractivity contribution in [3.8, 4) is 0 Å². The predicted octanol–water partition coefficient (Wildman–Crippen LogP) is 2.12. The minimum atomic E-state index is 0.0357. The second kappa shape index (κ2) is 7.47. The zero-order valence-electron chi connectivity index (χ0n) is 15.1. The van der Waals surface area contributed by atoms with Gasteiger partial charge in [0.15, 0.2) is 5.82 Å². The van der Waals surface area contributed by atoms with Crippen LogP contribution in [-0.4, -0.2) is 48.5 Å². The summed E-state index contributed by atoms with van der Waals surface area (Å²) in [5.74, 6) is 2.25. The molecule has 0 aromatic carbocycles. The Morgan fingerprint density at radius 3 is 2.67 bits per heavy atom. The lowest BCUT2D eigenvalue weighted by molar-refractivity contribution is -0.136. The summed E-state index contributed by atoms with van der Waals surface area (Å²) in [4.78, 5) is 26.5. The van der Waals surface area contributed by atoms with Gasteiger partial charge in [0.25, 0.3) is 0 Å². The van der Waals surface area contributed by atoms with Crippen molar-refractivity contribution in [1.29, 1.82) is 0 Å². The van der Waals surface area contributed by atoms with E-state index in [1.54, 1.807) is 0 Å². The molecule has 0 radical (unpaired) electrons. The Morgan fingerprint density at radius 2 is 2.00 bits per heavy atom. The van der Waals surface area contributed by atoms with Crippen molar-refractivity contribution in [2.24, 2.45) is 5.92 Å². The number of carbonyl (C=O) groups excluding carboxylic acids is 1. The van der Waals surface area contributed by atoms with Crippen molar-refractivity contribution >= 4 is 11.7 Å². The zero-order valence-corrected chi connectivity index (χ0v) is 15.1. The van der Waals surface area contributed by atoms with Gasteiger partial charge in [-0.2, -0.15) is 0 Å². The Morgan fingerprint density at radius 1 is 1.25 bits per heavy atom. The van der Waals surface area contributed by atoms with E-state index in [4.69, 9.17) is 9.97 Å². The molecule has 1 aromatic heterocycles. The molecule has 1 saturated carbocycles. The minimum absolute atomic E-state index is 0.0357. The van der Waals surface area contributed by atoms with E-state index in [1.165, 1.54) is 12.8 Å². The van der Waals surface area contributed by atoms with Crippen LogP contribution < -0.4 is 10.2 Å². The summed E-state index contributed by atoms with van der Waals surface area (Å²) >= 11 is 0. The number of amides is 1. The maximum absolute atomic E-state index is 12.9. The van der Waals surface area contributed by atoms with E-state index in [0.717, 1.165) is 49.6 Å². The Hall–Kier alpha value is -1.69. The first-order valence-corrected chi connectivity index (χ1v) is 9.10. The van der Waals surface area contributed by atoms with E-state index in [0.29, 0.717) is 12.5 Å². The number of carbonyl (C=O) groups is 1. The van der Waals surface area contributed by atoms with Crippen molar-refractivity contribution in [3.63, 3.8) is 0 Å². The number of hydrogen-bond acceptors (Lipinski definition) is 5. The minimum Gasteiger partial charge on any atom is -0.363 e. The van der Waals surface area contributed by atoms with Gasteiger partial charge >= 0.3 is 0 Å². The van der Waals surface area contributed by atoms with Gasteiger partial charge in [-0.1, -0.05) is 12.8 Å². The second-order valence-corrected chi connectivity index (χ2v) is 7.17. The number of nitrogens with one attached hydrogen (secondary N) is 1. The van der Waals surface area contributed by atoms with E-state index in [-0.39, 0.29) is 12.0 Å². The Bertz CT molecular complexity index is 583. The van der Waals surface area contributed by atoms with Gasteiger partial charge in [-0.3, -0.25) is 4.79 Å². The third-order valence-electron chi connectivity index (χ3n) is 5.14. The standard InChI is InChI=1S/C18H29N5O/c1-19-12-14-11-16(22(2)3)21-17(20-14)15-9-6-10-23(15)18(24)13-7-4-5-8-13/h11,13,15,19H,4-10,12H2,1-3H3/t15-/m0/s1. The SMILES string of the molecule is CNCc1cc(N(C)C)nc([C@@H]2CCCN2C(=O)C2CCCC2)n1. The lowest BCUT2D eigenvalue weighted by atomic mass is 10.1. The van der Waals surface area contributed by atoms with Crippen LogP contribution in [0.4, 0.5) is 5.82 Å². The van der Waals surface area contributed by atoms with Gasteiger partial charge in [-0.15, -0.1) is 0 Å². The Labute approximate surface area is 144 Å². The van der Waals surface area contributed by atoms with E-state index in [9.17, 15) is 4.79 Å². The monoisotopic (exact) mass is 331 g/mol. The van der Waals surface area contributed by atoms with Crippen LogP contribution in [0.5, 0.6) is 0 Å². The summed E-state index contributed by atoms with van der Waals surface area (Å²) < 4.78 is 0. The van der Waals surface area contributed by atoms with Crippen LogP contribution in [-0.2, 0) is 11.3 Å². The third kappa shape index (κ3) is 3.53. The normalized spacial score (nSPS) is 21.5. The second-order valence-electron chi connectivity index (χ2n) is 7.17. The molecule has 1 atom stereocenters. The number of likely N-dealkylation sites (tertiary alicyclic amines) is 1. The van der Waals surface area contributed by atoms with Gasteiger partial charge in [0.2, 0.25) is 5.91 Å². The lowest BCUT2D eigenvalue weighted by Crippen LogP contribution is -2.35. The van der Waals surface area contributed by atoms with Crippen molar-refractivity contribution in [2.45, 2.75) is 51.1 Å². The van der Waals surface area contributed by atoms with Gasteiger partial charge in [-0.05, 0) is 32.7 Å². The molecule has 2 fully saturated rings. The van der Waals surface area contributed by atoms with Crippen molar-refractivity contribution in [2.75, 3.05) is 32.6 Å². The largest absolute Gasteiger partial charge is 0.363 e. The van der Waals surface area contributed by atoms with Crippen LogP contribution in [0.3, 0.4) is 0 Å². The van der Waals surface area contributed by atoms with E-state index >= 15 is 0 Å². The molecule has 1 amide bonds. The molecule has 3 rings (SSSR count). The fourth-order valence-electron chi connectivity index (χ4n) is 3.86. The highest BCUT2D eigenvalue weighted by Crippen LogP contribution is 2.35. The summed E-state index contributed by atoms with van der Waals surface area (Å²) in [6, 6.07) is 2.05. The summed E-state index contributed by atoms with van der Waals surface area (Å²) in [6.45, 7) is 1.55. The molecule has 0 unspecified atom stereocenters. The molecule has 2 heterocycles. The molecule has 1 saturated heterocycles. The maximum Gasteiger partial charge on any atom is 0.226 e. The molecule has 0 bridgehead atoms. The molecule has 1 aliphatic heterocycles. The van der Waals surface area contributed by atoms with Gasteiger partial charge in [0, 0.05) is 39.2 Å². The highest BCUT2D eigenvalue weighted by Gasteiger charge is 2.36. The molecule has 132 valence electrons. The lowest BCUT2D eigenvalue weighted by Gasteiger charge is -2.27. The van der Waals surface area contributed by atoms with Crippen molar-refractivity contribution in [3.05, 3.63) is 17.6 Å². The summed E-state index contributed by atoms with van der Waals surface area (Å²) in [6.07, 6.45) is 6.48.